The third-order valence-electron chi connectivity index (χ3n) is 3.42. The molecule has 2 nitrogen and oxygen atoms in total. The van der Waals surface area contributed by atoms with E-state index >= 15 is 0 Å². The Labute approximate surface area is 112 Å². The Kier molecular flexibility index (Phi) is 4.46. The van der Waals surface area contributed by atoms with Crippen molar-refractivity contribution >= 4 is 15.9 Å². The Bertz CT molecular complexity index is 380. The normalized spacial score (nSPS) is 20.5. The molecule has 2 atom stereocenters. The fraction of sp³-hybridized carbons (Fsp3) is 0.571. The Morgan fingerprint density at radius 2 is 2.35 bits per heavy atom. The SMILES string of the molecule is CCC(C)CNC1CCOc2ccc(Br)cc21. The van der Waals surface area contributed by atoms with E-state index in [1.165, 1.54) is 12.0 Å². The molecule has 0 aliphatic carbocycles. The van der Waals surface area contributed by atoms with Gasteiger partial charge in [-0.05, 0) is 30.7 Å². The quantitative estimate of drug-likeness (QED) is 0.910. The predicted molar refractivity (Wildman–Crippen MR) is 74.5 cm³/mol. The highest BCUT2D eigenvalue weighted by molar-refractivity contribution is 9.10. The number of hydrogen-bond donors (Lipinski definition) is 1. The van der Waals surface area contributed by atoms with Crippen LogP contribution in [0.5, 0.6) is 5.75 Å². The minimum absolute atomic E-state index is 0.435. The number of rotatable bonds is 4. The van der Waals surface area contributed by atoms with E-state index in [0.717, 1.165) is 35.7 Å². The van der Waals surface area contributed by atoms with E-state index < -0.39 is 0 Å². The van der Waals surface area contributed by atoms with Crippen molar-refractivity contribution in [2.45, 2.75) is 32.7 Å². The average molecular weight is 298 g/mol. The molecule has 1 heterocycles. The first-order valence-electron chi connectivity index (χ1n) is 6.36. The summed E-state index contributed by atoms with van der Waals surface area (Å²) in [7, 11) is 0. The smallest absolute Gasteiger partial charge is 0.124 e. The largest absolute Gasteiger partial charge is 0.493 e. The van der Waals surface area contributed by atoms with Crippen molar-refractivity contribution < 1.29 is 4.74 Å². The van der Waals surface area contributed by atoms with Crippen LogP contribution in [0.3, 0.4) is 0 Å². The lowest BCUT2D eigenvalue weighted by molar-refractivity contribution is 0.248. The Morgan fingerprint density at radius 3 is 3.12 bits per heavy atom. The molecule has 2 rings (SSSR count). The molecule has 0 radical (unpaired) electrons. The Hall–Kier alpha value is -0.540. The van der Waals surface area contributed by atoms with Crippen molar-refractivity contribution in [3.8, 4) is 5.75 Å². The maximum atomic E-state index is 5.68. The third-order valence-corrected chi connectivity index (χ3v) is 3.91. The van der Waals surface area contributed by atoms with E-state index in [2.05, 4.69) is 47.2 Å². The molecule has 1 aromatic carbocycles. The summed E-state index contributed by atoms with van der Waals surface area (Å²) in [6.07, 6.45) is 2.28. The number of nitrogens with one attached hydrogen (secondary N) is 1. The van der Waals surface area contributed by atoms with Crippen LogP contribution < -0.4 is 10.1 Å². The molecule has 94 valence electrons. The zero-order valence-electron chi connectivity index (χ0n) is 10.5. The van der Waals surface area contributed by atoms with Crippen molar-refractivity contribution in [1.82, 2.24) is 5.32 Å². The van der Waals surface area contributed by atoms with Gasteiger partial charge in [-0.2, -0.15) is 0 Å². The van der Waals surface area contributed by atoms with Crippen LogP contribution in [0.2, 0.25) is 0 Å². The van der Waals surface area contributed by atoms with Gasteiger partial charge in [-0.3, -0.25) is 0 Å². The zero-order chi connectivity index (χ0) is 12.3. The third kappa shape index (κ3) is 3.23. The van der Waals surface area contributed by atoms with Gasteiger partial charge in [-0.1, -0.05) is 36.2 Å². The molecule has 0 saturated carbocycles. The van der Waals surface area contributed by atoms with E-state index in [-0.39, 0.29) is 0 Å². The minimum Gasteiger partial charge on any atom is -0.493 e. The van der Waals surface area contributed by atoms with Crippen molar-refractivity contribution in [3.05, 3.63) is 28.2 Å². The van der Waals surface area contributed by atoms with Crippen molar-refractivity contribution in [1.29, 1.82) is 0 Å². The first-order valence-corrected chi connectivity index (χ1v) is 7.15. The zero-order valence-corrected chi connectivity index (χ0v) is 12.1. The monoisotopic (exact) mass is 297 g/mol. The molecular weight excluding hydrogens is 278 g/mol. The first kappa shape index (κ1) is 12.9. The highest BCUT2D eigenvalue weighted by atomic mass is 79.9. The van der Waals surface area contributed by atoms with E-state index in [9.17, 15) is 0 Å². The molecule has 1 aliphatic rings. The summed E-state index contributed by atoms with van der Waals surface area (Å²) in [4.78, 5) is 0. The summed E-state index contributed by atoms with van der Waals surface area (Å²) < 4.78 is 6.80. The van der Waals surface area contributed by atoms with Crippen LogP contribution in [0, 0.1) is 5.92 Å². The Morgan fingerprint density at radius 1 is 1.53 bits per heavy atom. The van der Waals surface area contributed by atoms with Gasteiger partial charge in [0.05, 0.1) is 6.61 Å². The van der Waals surface area contributed by atoms with Crippen molar-refractivity contribution in [3.63, 3.8) is 0 Å². The lowest BCUT2D eigenvalue weighted by Gasteiger charge is -2.28. The van der Waals surface area contributed by atoms with E-state index in [4.69, 9.17) is 4.74 Å². The van der Waals surface area contributed by atoms with Gasteiger partial charge in [0, 0.05) is 22.5 Å². The van der Waals surface area contributed by atoms with Crippen LogP contribution in [0.25, 0.3) is 0 Å². The summed E-state index contributed by atoms with van der Waals surface area (Å²) >= 11 is 3.53. The van der Waals surface area contributed by atoms with Crippen LogP contribution in [0.1, 0.15) is 38.3 Å². The van der Waals surface area contributed by atoms with Crippen molar-refractivity contribution in [2.75, 3.05) is 13.2 Å². The van der Waals surface area contributed by atoms with Gasteiger partial charge in [0.2, 0.25) is 0 Å². The molecule has 1 aliphatic heterocycles. The molecule has 0 fully saturated rings. The van der Waals surface area contributed by atoms with Gasteiger partial charge < -0.3 is 10.1 Å². The number of ether oxygens (including phenoxy) is 1. The first-order chi connectivity index (χ1) is 8.20. The second kappa shape index (κ2) is 5.87. The number of halogens is 1. The maximum absolute atomic E-state index is 5.68. The summed E-state index contributed by atoms with van der Waals surface area (Å²) in [6, 6.07) is 6.69. The molecule has 1 aromatic rings. The fourth-order valence-electron chi connectivity index (χ4n) is 2.07. The van der Waals surface area contributed by atoms with Crippen LogP contribution in [0.4, 0.5) is 0 Å². The van der Waals surface area contributed by atoms with E-state index in [0.29, 0.717) is 6.04 Å². The molecule has 3 heteroatoms. The van der Waals surface area contributed by atoms with Gasteiger partial charge >= 0.3 is 0 Å². The maximum Gasteiger partial charge on any atom is 0.124 e. The topological polar surface area (TPSA) is 21.3 Å². The van der Waals surface area contributed by atoms with Crippen LogP contribution in [-0.2, 0) is 0 Å². The van der Waals surface area contributed by atoms with E-state index in [1.54, 1.807) is 0 Å². The van der Waals surface area contributed by atoms with Crippen molar-refractivity contribution in [2.24, 2.45) is 5.92 Å². The summed E-state index contributed by atoms with van der Waals surface area (Å²) in [6.45, 7) is 6.41. The second-order valence-corrected chi connectivity index (χ2v) is 5.71. The number of hydrogen-bond acceptors (Lipinski definition) is 2. The molecule has 0 amide bonds. The second-order valence-electron chi connectivity index (χ2n) is 4.79. The molecule has 0 spiro atoms. The molecular formula is C14H20BrNO. The van der Waals surface area contributed by atoms with Crippen LogP contribution >= 0.6 is 15.9 Å². The lowest BCUT2D eigenvalue weighted by Crippen LogP contribution is -2.30. The predicted octanol–water partition coefficient (Wildman–Crippen LogP) is 3.91. The Balaban J connectivity index is 2.08. The molecule has 1 N–H and O–H groups in total. The molecule has 0 aromatic heterocycles. The van der Waals surface area contributed by atoms with Gasteiger partial charge in [0.15, 0.2) is 0 Å². The van der Waals surface area contributed by atoms with Gasteiger partial charge in [-0.15, -0.1) is 0 Å². The van der Waals surface area contributed by atoms with Crippen LogP contribution in [-0.4, -0.2) is 13.2 Å². The van der Waals surface area contributed by atoms with Gasteiger partial charge in [0.25, 0.3) is 0 Å². The molecule has 0 saturated heterocycles. The summed E-state index contributed by atoms with van der Waals surface area (Å²) in [5, 5.41) is 3.65. The standard InChI is InChI=1S/C14H20BrNO/c1-3-10(2)9-16-13-6-7-17-14-5-4-11(15)8-12(13)14/h4-5,8,10,13,16H,3,6-7,9H2,1-2H3. The molecule has 17 heavy (non-hydrogen) atoms. The van der Waals surface area contributed by atoms with E-state index in [1.807, 2.05) is 6.07 Å². The highest BCUT2D eigenvalue weighted by Gasteiger charge is 2.21. The fourth-order valence-corrected chi connectivity index (χ4v) is 2.44. The van der Waals surface area contributed by atoms with Gasteiger partial charge in [0.1, 0.15) is 5.75 Å². The summed E-state index contributed by atoms with van der Waals surface area (Å²) in [5.41, 5.74) is 1.29. The highest BCUT2D eigenvalue weighted by Crippen LogP contribution is 2.34. The number of benzene rings is 1. The van der Waals surface area contributed by atoms with Crippen LogP contribution in [0.15, 0.2) is 22.7 Å². The lowest BCUT2D eigenvalue weighted by atomic mass is 9.99. The molecule has 0 bridgehead atoms. The summed E-state index contributed by atoms with van der Waals surface area (Å²) in [5.74, 6) is 1.76. The van der Waals surface area contributed by atoms with Gasteiger partial charge in [-0.25, -0.2) is 0 Å². The average Bonchev–Trinajstić information content (AvgIpc) is 2.35. The number of fused-ring (bicyclic) bond motifs is 1. The molecule has 2 unspecified atom stereocenters. The minimum atomic E-state index is 0.435.